The van der Waals surface area contributed by atoms with E-state index in [-0.39, 0.29) is 23.5 Å². The van der Waals surface area contributed by atoms with E-state index in [9.17, 15) is 22.8 Å². The summed E-state index contributed by atoms with van der Waals surface area (Å²) in [4.78, 5) is 33.8. The minimum absolute atomic E-state index is 0.0621. The number of hydrogen-bond acceptors (Lipinski definition) is 5. The van der Waals surface area contributed by atoms with Crippen molar-refractivity contribution in [2.75, 3.05) is 6.54 Å². The van der Waals surface area contributed by atoms with Crippen LogP contribution in [0.4, 0.5) is 13.2 Å². The Labute approximate surface area is 121 Å². The summed E-state index contributed by atoms with van der Waals surface area (Å²) >= 11 is 0. The number of amides is 1. The Morgan fingerprint density at radius 1 is 1.36 bits per heavy atom. The van der Waals surface area contributed by atoms with Crippen LogP contribution in [0.5, 0.6) is 0 Å². The molecule has 0 aliphatic carbocycles. The second kappa shape index (κ2) is 5.58. The van der Waals surface area contributed by atoms with Crippen molar-refractivity contribution in [1.82, 2.24) is 24.8 Å². The molecule has 2 rings (SSSR count). The molecular weight excluding hydrogens is 307 g/mol. The van der Waals surface area contributed by atoms with Crippen molar-refractivity contribution >= 4 is 23.0 Å². The van der Waals surface area contributed by atoms with Crippen LogP contribution >= 0.6 is 0 Å². The molecule has 0 fully saturated rings. The van der Waals surface area contributed by atoms with Gasteiger partial charge in [0, 0.05) is 6.54 Å². The molecule has 0 spiro atoms. The first-order chi connectivity index (χ1) is 10.2. The van der Waals surface area contributed by atoms with Crippen LogP contribution in [-0.4, -0.2) is 49.2 Å². The molecule has 0 radical (unpaired) electrons. The van der Waals surface area contributed by atoms with E-state index in [0.29, 0.717) is 0 Å². The first-order valence-corrected chi connectivity index (χ1v) is 6.04. The number of aryl methyl sites for hydroxylation is 1. The average Bonchev–Trinajstić information content (AvgIpc) is 2.81. The van der Waals surface area contributed by atoms with Crippen LogP contribution in [0.25, 0.3) is 11.2 Å². The highest BCUT2D eigenvalue weighted by Crippen LogP contribution is 2.15. The second-order valence-corrected chi connectivity index (χ2v) is 4.19. The van der Waals surface area contributed by atoms with Crippen LogP contribution < -0.4 is 5.32 Å². The van der Waals surface area contributed by atoms with Gasteiger partial charge in [0.2, 0.25) is 11.6 Å². The summed E-state index contributed by atoms with van der Waals surface area (Å²) < 4.78 is 37.6. The van der Waals surface area contributed by atoms with Crippen LogP contribution in [0.15, 0.2) is 6.20 Å². The summed E-state index contributed by atoms with van der Waals surface area (Å²) in [5, 5.41) is 10.5. The lowest BCUT2D eigenvalue weighted by Crippen LogP contribution is -2.35. The van der Waals surface area contributed by atoms with E-state index in [0.717, 1.165) is 6.20 Å². The molecule has 0 unspecified atom stereocenters. The van der Waals surface area contributed by atoms with Crippen LogP contribution in [0.2, 0.25) is 0 Å². The van der Waals surface area contributed by atoms with E-state index in [1.165, 1.54) is 4.57 Å². The molecule has 1 amide bonds. The van der Waals surface area contributed by atoms with Crippen molar-refractivity contribution in [1.29, 1.82) is 0 Å². The molecular formula is C11H10F3N5O3. The van der Waals surface area contributed by atoms with Gasteiger partial charge < -0.3 is 15.0 Å². The number of nitrogens with one attached hydrogen (secondary N) is 1. The van der Waals surface area contributed by atoms with Gasteiger partial charge in [-0.3, -0.25) is 4.79 Å². The van der Waals surface area contributed by atoms with Gasteiger partial charge in [0.15, 0.2) is 5.65 Å². The molecule has 0 bridgehead atoms. The van der Waals surface area contributed by atoms with E-state index in [1.54, 1.807) is 12.2 Å². The number of nitrogens with zero attached hydrogens (tertiary/aromatic N) is 4. The molecule has 0 saturated heterocycles. The fourth-order valence-electron chi connectivity index (χ4n) is 1.75. The number of carbonyl (C=O) groups is 2. The lowest BCUT2D eigenvalue weighted by atomic mass is 10.5. The van der Waals surface area contributed by atoms with Gasteiger partial charge in [0.25, 0.3) is 5.91 Å². The predicted octanol–water partition coefficient (Wildman–Crippen LogP) is 0.837. The minimum Gasteiger partial charge on any atom is -0.475 e. The normalized spacial score (nSPS) is 11.6. The summed E-state index contributed by atoms with van der Waals surface area (Å²) in [6.07, 6.45) is -3.45. The Morgan fingerprint density at radius 2 is 2.05 bits per heavy atom. The fraction of sp³-hybridized carbons (Fsp3) is 0.364. The molecule has 2 aromatic rings. The third-order valence-electron chi connectivity index (χ3n) is 2.65. The lowest BCUT2D eigenvalue weighted by Gasteiger charge is -2.09. The predicted molar refractivity (Wildman–Crippen MR) is 66.3 cm³/mol. The average molecular weight is 317 g/mol. The molecule has 2 heterocycles. The molecule has 22 heavy (non-hydrogen) atoms. The Kier molecular flexibility index (Phi) is 3.97. The molecule has 0 aliphatic rings. The number of imidazole rings is 1. The highest BCUT2D eigenvalue weighted by atomic mass is 19.4. The molecule has 8 nitrogen and oxygen atoms in total. The van der Waals surface area contributed by atoms with E-state index < -0.39 is 30.4 Å². The Hall–Kier alpha value is -2.72. The van der Waals surface area contributed by atoms with Gasteiger partial charge in [0.05, 0.1) is 6.20 Å². The maximum absolute atomic E-state index is 12.1. The highest BCUT2D eigenvalue weighted by molar-refractivity contribution is 5.94. The molecule has 2 aromatic heterocycles. The summed E-state index contributed by atoms with van der Waals surface area (Å²) in [7, 11) is 0. The van der Waals surface area contributed by atoms with Gasteiger partial charge in [-0.2, -0.15) is 13.2 Å². The Morgan fingerprint density at radius 3 is 2.59 bits per heavy atom. The van der Waals surface area contributed by atoms with Crippen molar-refractivity contribution in [3.05, 3.63) is 17.8 Å². The maximum Gasteiger partial charge on any atom is 0.405 e. The van der Waals surface area contributed by atoms with Crippen molar-refractivity contribution in [2.24, 2.45) is 0 Å². The third kappa shape index (κ3) is 3.13. The van der Waals surface area contributed by atoms with Crippen molar-refractivity contribution in [2.45, 2.75) is 19.6 Å². The van der Waals surface area contributed by atoms with E-state index in [1.807, 2.05) is 0 Å². The zero-order chi connectivity index (χ0) is 16.5. The van der Waals surface area contributed by atoms with Gasteiger partial charge in [-0.15, -0.1) is 0 Å². The monoisotopic (exact) mass is 317 g/mol. The van der Waals surface area contributed by atoms with E-state index >= 15 is 0 Å². The lowest BCUT2D eigenvalue weighted by molar-refractivity contribution is -0.123. The highest BCUT2D eigenvalue weighted by Gasteiger charge is 2.29. The molecule has 118 valence electrons. The van der Waals surface area contributed by atoms with Gasteiger partial charge in [-0.25, -0.2) is 19.7 Å². The SMILES string of the molecule is CCn1c(C(=O)NCC(F)(F)F)nc2cnc(C(=O)O)nc21. The first kappa shape index (κ1) is 15.7. The number of fused-ring (bicyclic) bond motifs is 1. The largest absolute Gasteiger partial charge is 0.475 e. The molecule has 0 aliphatic heterocycles. The number of hydrogen-bond donors (Lipinski definition) is 2. The molecule has 0 saturated carbocycles. The Balaban J connectivity index is 2.42. The zero-order valence-corrected chi connectivity index (χ0v) is 11.2. The third-order valence-corrected chi connectivity index (χ3v) is 2.65. The van der Waals surface area contributed by atoms with Gasteiger partial charge in [0.1, 0.15) is 12.1 Å². The van der Waals surface area contributed by atoms with E-state index in [2.05, 4.69) is 15.0 Å². The number of alkyl halides is 3. The molecule has 11 heteroatoms. The van der Waals surface area contributed by atoms with Gasteiger partial charge >= 0.3 is 12.1 Å². The van der Waals surface area contributed by atoms with E-state index in [4.69, 9.17) is 5.11 Å². The number of halogens is 3. The first-order valence-electron chi connectivity index (χ1n) is 6.04. The number of rotatable bonds is 4. The number of carboxylic acids is 1. The second-order valence-electron chi connectivity index (χ2n) is 4.19. The maximum atomic E-state index is 12.1. The van der Waals surface area contributed by atoms with Crippen molar-refractivity contribution < 1.29 is 27.9 Å². The van der Waals surface area contributed by atoms with Crippen LogP contribution in [0, 0.1) is 0 Å². The summed E-state index contributed by atoms with van der Waals surface area (Å²) in [6.45, 7) is 0.288. The Bertz CT molecular complexity index is 740. The molecule has 2 N–H and O–H groups in total. The summed E-state index contributed by atoms with van der Waals surface area (Å²) in [5.74, 6) is -3.19. The van der Waals surface area contributed by atoms with Crippen LogP contribution in [0.3, 0.4) is 0 Å². The van der Waals surface area contributed by atoms with Gasteiger partial charge in [-0.1, -0.05) is 0 Å². The zero-order valence-electron chi connectivity index (χ0n) is 11.2. The van der Waals surface area contributed by atoms with Gasteiger partial charge in [-0.05, 0) is 6.92 Å². The number of carboxylic acid groups (broad SMARTS) is 1. The summed E-state index contributed by atoms with van der Waals surface area (Å²) in [6, 6.07) is 0. The smallest absolute Gasteiger partial charge is 0.405 e. The number of carbonyl (C=O) groups excluding carboxylic acids is 1. The van der Waals surface area contributed by atoms with Crippen LogP contribution in [-0.2, 0) is 6.54 Å². The molecule has 0 atom stereocenters. The molecule has 0 aromatic carbocycles. The van der Waals surface area contributed by atoms with Crippen molar-refractivity contribution in [3.8, 4) is 0 Å². The topological polar surface area (TPSA) is 110 Å². The van der Waals surface area contributed by atoms with Crippen LogP contribution in [0.1, 0.15) is 28.2 Å². The fourth-order valence-corrected chi connectivity index (χ4v) is 1.75. The number of aromatic carboxylic acids is 1. The standard InChI is InChI=1S/C11H10F3N5O3/c1-2-19-7-5(3-15-6(18-7)10(21)22)17-8(19)9(20)16-4-11(12,13)14/h3H,2,4H2,1H3,(H,16,20)(H,21,22). The minimum atomic E-state index is -4.55. The quantitative estimate of drug-likeness (QED) is 0.864. The summed E-state index contributed by atoms with van der Waals surface area (Å²) in [5.41, 5.74) is 0.177. The van der Waals surface area contributed by atoms with Crippen molar-refractivity contribution in [3.63, 3.8) is 0 Å². The number of aromatic nitrogens is 4.